The van der Waals surface area contributed by atoms with Crippen molar-refractivity contribution in [3.05, 3.63) is 34.9 Å². The number of amides is 1. The zero-order chi connectivity index (χ0) is 14.5. The fourth-order valence-corrected chi connectivity index (χ4v) is 2.31. The van der Waals surface area contributed by atoms with Crippen LogP contribution in [0.15, 0.2) is 18.2 Å². The van der Waals surface area contributed by atoms with Gasteiger partial charge in [0.25, 0.3) is 5.91 Å². The molecule has 0 heterocycles. The number of aryl methyl sites for hydroxylation is 1. The van der Waals surface area contributed by atoms with E-state index in [1.165, 1.54) is 12.8 Å². The number of rotatable bonds is 4. The van der Waals surface area contributed by atoms with Crippen molar-refractivity contribution in [2.45, 2.75) is 39.2 Å². The summed E-state index contributed by atoms with van der Waals surface area (Å²) in [6.45, 7) is 4.38. The van der Waals surface area contributed by atoms with Crippen LogP contribution in [0.2, 0.25) is 0 Å². The van der Waals surface area contributed by atoms with E-state index in [1.54, 1.807) is 0 Å². The first-order valence-corrected chi connectivity index (χ1v) is 7.20. The van der Waals surface area contributed by atoms with Gasteiger partial charge < -0.3 is 11.1 Å². The Hall–Kier alpha value is -1.79. The smallest absolute Gasteiger partial charge is 0.251 e. The van der Waals surface area contributed by atoms with Gasteiger partial charge in [-0.15, -0.1) is 0 Å². The lowest BCUT2D eigenvalue weighted by molar-refractivity contribution is 0.0937. The number of hydrogen-bond donors (Lipinski definition) is 2. The molecule has 20 heavy (non-hydrogen) atoms. The summed E-state index contributed by atoms with van der Waals surface area (Å²) in [5.74, 6) is 6.66. The van der Waals surface area contributed by atoms with E-state index < -0.39 is 0 Å². The Morgan fingerprint density at radius 1 is 1.50 bits per heavy atom. The third-order valence-corrected chi connectivity index (χ3v) is 3.58. The van der Waals surface area contributed by atoms with Crippen LogP contribution in [0.5, 0.6) is 0 Å². The van der Waals surface area contributed by atoms with Gasteiger partial charge in [-0.25, -0.2) is 0 Å². The fraction of sp³-hybridized carbons (Fsp3) is 0.471. The van der Waals surface area contributed by atoms with E-state index in [0.717, 1.165) is 23.5 Å². The van der Waals surface area contributed by atoms with E-state index in [0.29, 0.717) is 12.1 Å². The highest BCUT2D eigenvalue weighted by atomic mass is 16.1. The van der Waals surface area contributed by atoms with Gasteiger partial charge in [0.15, 0.2) is 0 Å². The molecule has 0 aromatic heterocycles. The molecule has 1 saturated carbocycles. The van der Waals surface area contributed by atoms with Crippen molar-refractivity contribution in [3.8, 4) is 11.8 Å². The number of nitrogens with two attached hydrogens (primary N) is 1. The summed E-state index contributed by atoms with van der Waals surface area (Å²) in [5.41, 5.74) is 8.00. The summed E-state index contributed by atoms with van der Waals surface area (Å²) in [6.07, 6.45) is 3.71. The molecule has 1 aromatic rings. The van der Waals surface area contributed by atoms with Crippen molar-refractivity contribution < 1.29 is 4.79 Å². The summed E-state index contributed by atoms with van der Waals surface area (Å²) >= 11 is 0. The number of nitrogens with one attached hydrogen (secondary N) is 1. The van der Waals surface area contributed by atoms with E-state index in [1.807, 2.05) is 25.1 Å². The first-order valence-electron chi connectivity index (χ1n) is 7.20. The van der Waals surface area contributed by atoms with Crippen molar-refractivity contribution in [2.24, 2.45) is 11.7 Å². The van der Waals surface area contributed by atoms with Crippen molar-refractivity contribution in [2.75, 3.05) is 6.54 Å². The van der Waals surface area contributed by atoms with Gasteiger partial charge in [-0.2, -0.15) is 0 Å². The second-order valence-electron chi connectivity index (χ2n) is 5.59. The normalized spacial score (nSPS) is 15.2. The second-order valence-corrected chi connectivity index (χ2v) is 5.59. The molecule has 0 aliphatic heterocycles. The summed E-state index contributed by atoms with van der Waals surface area (Å²) in [7, 11) is 0. The molecule has 2 rings (SSSR count). The van der Waals surface area contributed by atoms with Crippen molar-refractivity contribution >= 4 is 5.91 Å². The Morgan fingerprint density at radius 2 is 2.25 bits per heavy atom. The van der Waals surface area contributed by atoms with Gasteiger partial charge in [0.05, 0.1) is 6.54 Å². The zero-order valence-corrected chi connectivity index (χ0v) is 12.2. The fourth-order valence-electron chi connectivity index (χ4n) is 2.31. The molecule has 106 valence electrons. The third-order valence-electron chi connectivity index (χ3n) is 3.58. The molecule has 0 spiro atoms. The van der Waals surface area contributed by atoms with E-state index >= 15 is 0 Å². The quantitative estimate of drug-likeness (QED) is 0.824. The molecule has 0 bridgehead atoms. The van der Waals surface area contributed by atoms with E-state index in [2.05, 4.69) is 24.1 Å². The third kappa shape index (κ3) is 4.11. The molecule has 1 aromatic carbocycles. The molecule has 1 unspecified atom stereocenters. The van der Waals surface area contributed by atoms with Crippen LogP contribution in [0.25, 0.3) is 0 Å². The Bertz CT molecular complexity index is 550. The number of benzene rings is 1. The van der Waals surface area contributed by atoms with Crippen LogP contribution in [-0.2, 0) is 0 Å². The van der Waals surface area contributed by atoms with Crippen molar-refractivity contribution in [1.82, 2.24) is 5.32 Å². The Balaban J connectivity index is 2.00. The lowest BCUT2D eigenvalue weighted by atomic mass is 10.0. The van der Waals surface area contributed by atoms with E-state index in [-0.39, 0.29) is 11.9 Å². The standard InChI is InChI=1S/C17H22N2O/c1-12-10-16(8-7-15(12)4-3-9-18)17(20)19-13(2)11-14-5-6-14/h7-8,10,13-14H,5-6,9,11,18H2,1-2H3,(H,19,20). The number of hydrogen-bond acceptors (Lipinski definition) is 2. The molecular weight excluding hydrogens is 248 g/mol. The molecule has 3 heteroatoms. The minimum atomic E-state index is -0.000385. The lowest BCUT2D eigenvalue weighted by Crippen LogP contribution is -2.32. The predicted molar refractivity (Wildman–Crippen MR) is 81.4 cm³/mol. The molecular formula is C17H22N2O. The maximum Gasteiger partial charge on any atom is 0.251 e. The second kappa shape index (κ2) is 6.58. The van der Waals surface area contributed by atoms with Gasteiger partial charge in [-0.1, -0.05) is 24.7 Å². The van der Waals surface area contributed by atoms with Crippen LogP contribution < -0.4 is 11.1 Å². The minimum absolute atomic E-state index is 0.000385. The first kappa shape index (κ1) is 14.6. The maximum absolute atomic E-state index is 12.2. The Labute approximate surface area is 120 Å². The SMILES string of the molecule is Cc1cc(C(=O)NC(C)CC2CC2)ccc1C#CCN. The van der Waals surface area contributed by atoms with Gasteiger partial charge >= 0.3 is 0 Å². The van der Waals surface area contributed by atoms with Crippen molar-refractivity contribution in [3.63, 3.8) is 0 Å². The number of carbonyl (C=O) groups is 1. The predicted octanol–water partition coefficient (Wildman–Crippen LogP) is 2.22. The monoisotopic (exact) mass is 270 g/mol. The average Bonchev–Trinajstić information content (AvgIpc) is 3.20. The van der Waals surface area contributed by atoms with Crippen LogP contribution in [-0.4, -0.2) is 18.5 Å². The van der Waals surface area contributed by atoms with E-state index in [4.69, 9.17) is 5.73 Å². The molecule has 1 aliphatic carbocycles. The molecule has 1 atom stereocenters. The van der Waals surface area contributed by atoms with Gasteiger partial charge in [0.2, 0.25) is 0 Å². The topological polar surface area (TPSA) is 55.1 Å². The highest BCUT2D eigenvalue weighted by Crippen LogP contribution is 2.33. The summed E-state index contributed by atoms with van der Waals surface area (Å²) < 4.78 is 0. The maximum atomic E-state index is 12.2. The molecule has 3 N–H and O–H groups in total. The number of carbonyl (C=O) groups excluding carboxylic acids is 1. The van der Waals surface area contributed by atoms with Crippen LogP contribution in [0, 0.1) is 24.7 Å². The lowest BCUT2D eigenvalue weighted by Gasteiger charge is -2.13. The average molecular weight is 270 g/mol. The van der Waals surface area contributed by atoms with Crippen LogP contribution >= 0.6 is 0 Å². The summed E-state index contributed by atoms with van der Waals surface area (Å²) in [4.78, 5) is 12.2. The Kier molecular flexibility index (Phi) is 4.81. The van der Waals surface area contributed by atoms with E-state index in [9.17, 15) is 4.79 Å². The van der Waals surface area contributed by atoms with Gasteiger partial charge in [0, 0.05) is 17.2 Å². The molecule has 0 saturated heterocycles. The molecule has 1 aliphatic rings. The van der Waals surface area contributed by atoms with Crippen molar-refractivity contribution in [1.29, 1.82) is 0 Å². The van der Waals surface area contributed by atoms with Crippen LogP contribution in [0.1, 0.15) is 47.7 Å². The zero-order valence-electron chi connectivity index (χ0n) is 12.2. The molecule has 3 nitrogen and oxygen atoms in total. The Morgan fingerprint density at radius 3 is 2.85 bits per heavy atom. The first-order chi connectivity index (χ1) is 9.60. The van der Waals surface area contributed by atoms with Gasteiger partial charge in [-0.05, 0) is 49.9 Å². The van der Waals surface area contributed by atoms with Crippen LogP contribution in [0.3, 0.4) is 0 Å². The highest BCUT2D eigenvalue weighted by molar-refractivity contribution is 5.94. The molecule has 0 radical (unpaired) electrons. The molecule has 1 amide bonds. The largest absolute Gasteiger partial charge is 0.350 e. The summed E-state index contributed by atoms with van der Waals surface area (Å²) in [6, 6.07) is 5.84. The summed E-state index contributed by atoms with van der Waals surface area (Å²) in [5, 5.41) is 3.06. The van der Waals surface area contributed by atoms with Gasteiger partial charge in [0.1, 0.15) is 0 Å². The minimum Gasteiger partial charge on any atom is -0.350 e. The van der Waals surface area contributed by atoms with Gasteiger partial charge in [-0.3, -0.25) is 4.79 Å². The molecule has 1 fully saturated rings. The van der Waals surface area contributed by atoms with Crippen LogP contribution in [0.4, 0.5) is 0 Å². The highest BCUT2D eigenvalue weighted by Gasteiger charge is 2.24.